The fraction of sp³-hybridized carbons (Fsp3) is 0.568. The number of unbranched alkanes of at least 4 members (excludes halogenated alkanes) is 15. The van der Waals surface area contributed by atoms with Gasteiger partial charge in [0.25, 0.3) is 0 Å². The van der Waals surface area contributed by atoms with E-state index in [1.807, 2.05) is 0 Å². The standard InChI is InChI=1S/C44H66N4O7S3/c1-4-5-6-7-8-9-10-11-12-13-14-15-16-17-18-21-30-48-34-44(2,3)56-43(48)38-31-36(24-26-41(38)50)57(52,53)46-28-29-47-58(54,55)37-25-27-42(51)39(32-37)45-33-35-22-19-20-23-40(35)49/h19-20,22-27,31-33,43,46-47,49-51H,4-18,21,28-30,34H2,1-3H3. The number of para-hydroxylation sites is 1. The summed E-state index contributed by atoms with van der Waals surface area (Å²) in [4.78, 5) is 6.28. The van der Waals surface area contributed by atoms with Gasteiger partial charge in [0.2, 0.25) is 20.0 Å². The summed E-state index contributed by atoms with van der Waals surface area (Å²) in [6, 6.07) is 14.3. The van der Waals surface area contributed by atoms with Crippen LogP contribution in [0.1, 0.15) is 140 Å². The summed E-state index contributed by atoms with van der Waals surface area (Å²) >= 11 is 1.72. The molecule has 58 heavy (non-hydrogen) atoms. The minimum Gasteiger partial charge on any atom is -0.508 e. The molecule has 0 bridgehead atoms. The Balaban J connectivity index is 1.22. The van der Waals surface area contributed by atoms with Crippen LogP contribution in [0.3, 0.4) is 0 Å². The molecule has 5 N–H and O–H groups in total. The van der Waals surface area contributed by atoms with Crippen LogP contribution in [0.15, 0.2) is 75.4 Å². The lowest BCUT2D eigenvalue weighted by atomic mass is 10.0. The van der Waals surface area contributed by atoms with Gasteiger partial charge in [-0.25, -0.2) is 26.3 Å². The number of hydrogen-bond acceptors (Lipinski definition) is 10. The van der Waals surface area contributed by atoms with Crippen LogP contribution in [0.5, 0.6) is 17.2 Å². The molecule has 1 aliphatic heterocycles. The van der Waals surface area contributed by atoms with Crippen molar-refractivity contribution in [2.24, 2.45) is 4.99 Å². The van der Waals surface area contributed by atoms with Crippen molar-refractivity contribution in [2.45, 2.75) is 143 Å². The first-order valence-corrected chi connectivity index (χ1v) is 25.0. The van der Waals surface area contributed by atoms with E-state index in [9.17, 15) is 32.2 Å². The summed E-state index contributed by atoms with van der Waals surface area (Å²) in [6.45, 7) is 7.80. The quantitative estimate of drug-likeness (QED) is 0.0370. The van der Waals surface area contributed by atoms with Gasteiger partial charge in [-0.05, 0) is 75.3 Å². The lowest BCUT2D eigenvalue weighted by Gasteiger charge is -2.25. The normalized spacial score (nSPS) is 16.1. The molecule has 0 radical (unpaired) electrons. The molecule has 322 valence electrons. The maximum absolute atomic E-state index is 13.4. The minimum absolute atomic E-state index is 0.0127. The molecule has 1 aliphatic rings. The highest BCUT2D eigenvalue weighted by Crippen LogP contribution is 2.50. The van der Waals surface area contributed by atoms with E-state index < -0.39 is 20.0 Å². The molecule has 14 heteroatoms. The number of benzene rings is 3. The van der Waals surface area contributed by atoms with Crippen molar-refractivity contribution in [3.63, 3.8) is 0 Å². The number of sulfonamides is 2. The van der Waals surface area contributed by atoms with Gasteiger partial charge in [0.05, 0.1) is 15.2 Å². The van der Waals surface area contributed by atoms with Crippen LogP contribution in [-0.2, 0) is 20.0 Å². The number of aromatic hydroxyl groups is 3. The van der Waals surface area contributed by atoms with E-state index in [0.29, 0.717) is 11.1 Å². The van der Waals surface area contributed by atoms with Gasteiger partial charge in [-0.1, -0.05) is 115 Å². The number of phenolic OH excluding ortho intramolecular Hbond substituents is 3. The van der Waals surface area contributed by atoms with Gasteiger partial charge >= 0.3 is 0 Å². The summed E-state index contributed by atoms with van der Waals surface area (Å²) in [5.74, 6) is -0.238. The number of thioether (sulfide) groups is 1. The van der Waals surface area contributed by atoms with E-state index in [4.69, 9.17) is 0 Å². The number of nitrogens with zero attached hydrogens (tertiary/aromatic N) is 2. The monoisotopic (exact) mass is 858 g/mol. The molecule has 11 nitrogen and oxygen atoms in total. The van der Waals surface area contributed by atoms with E-state index in [1.54, 1.807) is 30.0 Å². The summed E-state index contributed by atoms with van der Waals surface area (Å²) in [6.07, 6.45) is 22.3. The van der Waals surface area contributed by atoms with Crippen molar-refractivity contribution in [3.8, 4) is 17.2 Å². The first-order valence-electron chi connectivity index (χ1n) is 21.1. The van der Waals surface area contributed by atoms with E-state index in [1.165, 1.54) is 139 Å². The molecule has 3 aromatic rings. The Hall–Kier alpha value is -3.14. The molecule has 1 heterocycles. The summed E-state index contributed by atoms with van der Waals surface area (Å²) < 4.78 is 57.7. The first kappa shape index (κ1) is 47.5. The number of hydrogen-bond donors (Lipinski definition) is 5. The molecule has 0 spiro atoms. The number of phenols is 3. The molecule has 1 unspecified atom stereocenters. The van der Waals surface area contributed by atoms with Crippen LogP contribution in [0.25, 0.3) is 0 Å². The van der Waals surface area contributed by atoms with E-state index in [0.717, 1.165) is 25.9 Å². The van der Waals surface area contributed by atoms with Crippen molar-refractivity contribution in [2.75, 3.05) is 26.2 Å². The Kier molecular flexibility index (Phi) is 19.3. The summed E-state index contributed by atoms with van der Waals surface area (Å²) in [7, 11) is -8.15. The highest BCUT2D eigenvalue weighted by molar-refractivity contribution is 8.01. The lowest BCUT2D eigenvalue weighted by molar-refractivity contribution is 0.255. The molecule has 1 atom stereocenters. The summed E-state index contributed by atoms with van der Waals surface area (Å²) in [5, 5.41) is 31.0. The average molecular weight is 859 g/mol. The molecule has 0 amide bonds. The highest BCUT2D eigenvalue weighted by atomic mass is 32.2. The Morgan fingerprint density at radius 2 is 1.19 bits per heavy atom. The zero-order chi connectivity index (χ0) is 42.0. The second-order valence-electron chi connectivity index (χ2n) is 16.0. The Labute approximate surface area is 352 Å². The molecule has 4 rings (SSSR count). The molecule has 1 fully saturated rings. The van der Waals surface area contributed by atoms with Crippen LogP contribution in [0, 0.1) is 0 Å². The molecular formula is C44H66N4O7S3. The van der Waals surface area contributed by atoms with E-state index in [-0.39, 0.29) is 55.9 Å². The van der Waals surface area contributed by atoms with Crippen molar-refractivity contribution < 1.29 is 32.2 Å². The van der Waals surface area contributed by atoms with Crippen molar-refractivity contribution in [1.29, 1.82) is 0 Å². The first-order chi connectivity index (χ1) is 27.7. The van der Waals surface area contributed by atoms with Crippen molar-refractivity contribution in [1.82, 2.24) is 14.3 Å². The lowest BCUT2D eigenvalue weighted by Crippen LogP contribution is -2.34. The zero-order valence-corrected chi connectivity index (χ0v) is 37.1. The zero-order valence-electron chi connectivity index (χ0n) is 34.7. The smallest absolute Gasteiger partial charge is 0.240 e. The van der Waals surface area contributed by atoms with Gasteiger partial charge in [0.1, 0.15) is 22.9 Å². The topological polar surface area (TPSA) is 169 Å². The number of nitrogens with one attached hydrogen (secondary N) is 2. The van der Waals surface area contributed by atoms with Gasteiger partial charge < -0.3 is 15.3 Å². The van der Waals surface area contributed by atoms with E-state index in [2.05, 4.69) is 40.1 Å². The predicted molar refractivity (Wildman–Crippen MR) is 237 cm³/mol. The van der Waals surface area contributed by atoms with Crippen LogP contribution in [0.2, 0.25) is 0 Å². The van der Waals surface area contributed by atoms with Gasteiger partial charge in [-0.2, -0.15) is 0 Å². The molecule has 0 aliphatic carbocycles. The predicted octanol–water partition coefficient (Wildman–Crippen LogP) is 9.90. The maximum atomic E-state index is 13.4. The Bertz CT molecular complexity index is 1970. The van der Waals surface area contributed by atoms with Crippen molar-refractivity contribution in [3.05, 3.63) is 71.8 Å². The minimum atomic E-state index is -4.10. The van der Waals surface area contributed by atoms with Crippen LogP contribution < -0.4 is 9.44 Å². The second-order valence-corrected chi connectivity index (χ2v) is 21.3. The second kappa shape index (κ2) is 23.6. The SMILES string of the molecule is CCCCCCCCCCCCCCCCCCN1CC(C)(C)SC1c1cc(S(=O)(=O)NCCNS(=O)(=O)c2ccc(O)c(N=Cc3ccccc3O)c2)ccc1O. The largest absolute Gasteiger partial charge is 0.508 e. The summed E-state index contributed by atoms with van der Waals surface area (Å²) in [5.41, 5.74) is 0.904. The Morgan fingerprint density at radius 3 is 1.74 bits per heavy atom. The maximum Gasteiger partial charge on any atom is 0.240 e. The molecule has 0 saturated carbocycles. The van der Waals surface area contributed by atoms with Gasteiger partial charge in [0.15, 0.2) is 0 Å². The van der Waals surface area contributed by atoms with Crippen LogP contribution in [-0.4, -0.2) is 74.2 Å². The molecular weight excluding hydrogens is 793 g/mol. The van der Waals surface area contributed by atoms with Gasteiger partial charge in [-0.3, -0.25) is 9.89 Å². The fourth-order valence-electron chi connectivity index (χ4n) is 7.25. The highest BCUT2D eigenvalue weighted by Gasteiger charge is 2.40. The molecule has 3 aromatic carbocycles. The third-order valence-electron chi connectivity index (χ3n) is 10.5. The third kappa shape index (κ3) is 15.5. The van der Waals surface area contributed by atoms with Crippen molar-refractivity contribution >= 4 is 43.7 Å². The van der Waals surface area contributed by atoms with E-state index >= 15 is 0 Å². The van der Waals surface area contributed by atoms with Crippen LogP contribution in [0.4, 0.5) is 5.69 Å². The molecule has 0 aromatic heterocycles. The van der Waals surface area contributed by atoms with Gasteiger partial charge in [0, 0.05) is 41.7 Å². The third-order valence-corrected chi connectivity index (χ3v) is 14.9. The van der Waals surface area contributed by atoms with Gasteiger partial charge in [-0.15, -0.1) is 11.8 Å². The number of aliphatic imine (C=N–C) groups is 1. The fourth-order valence-corrected chi connectivity index (χ4v) is 10.9. The average Bonchev–Trinajstić information content (AvgIpc) is 3.50. The van der Waals surface area contributed by atoms with Crippen LogP contribution >= 0.6 is 11.8 Å². The number of rotatable bonds is 27. The Morgan fingerprint density at radius 1 is 0.690 bits per heavy atom. The molecule has 1 saturated heterocycles.